The smallest absolute Gasteiger partial charge is 0.145 e. The Labute approximate surface area is 107 Å². The summed E-state index contributed by atoms with van der Waals surface area (Å²) >= 11 is 0. The Morgan fingerprint density at radius 2 is 1.83 bits per heavy atom. The number of hydrogen-bond acceptors (Lipinski definition) is 4. The number of nitrogens with zero attached hydrogens (tertiary/aromatic N) is 3. The van der Waals surface area contributed by atoms with Crippen molar-refractivity contribution in [2.45, 2.75) is 32.7 Å². The van der Waals surface area contributed by atoms with Crippen molar-refractivity contribution >= 4 is 0 Å². The minimum atomic E-state index is -0.203. The lowest BCUT2D eigenvalue weighted by atomic mass is 10.1. The van der Waals surface area contributed by atoms with E-state index in [2.05, 4.69) is 27.9 Å². The zero-order valence-corrected chi connectivity index (χ0v) is 10.8. The van der Waals surface area contributed by atoms with Crippen molar-refractivity contribution in [1.29, 1.82) is 0 Å². The molecular formula is C14H18N4. The molecule has 2 rings (SSSR count). The fraction of sp³-hybridized carbons (Fsp3) is 0.357. The number of nitrogens with two attached hydrogens (primary N) is 1. The maximum Gasteiger partial charge on any atom is 0.145 e. The first-order valence-electron chi connectivity index (χ1n) is 6.17. The predicted octanol–water partition coefficient (Wildman–Crippen LogP) is 1.98. The molecule has 0 saturated carbocycles. The van der Waals surface area contributed by atoms with Crippen LogP contribution in [-0.4, -0.2) is 15.0 Å². The van der Waals surface area contributed by atoms with E-state index >= 15 is 0 Å². The van der Waals surface area contributed by atoms with E-state index in [0.717, 1.165) is 17.7 Å². The summed E-state index contributed by atoms with van der Waals surface area (Å²) in [7, 11) is 0. The third kappa shape index (κ3) is 3.11. The molecule has 18 heavy (non-hydrogen) atoms. The SMILES string of the molecule is CCc1ccc(CC(N)c2ncc(C)cn2)nc1. The Hall–Kier alpha value is -1.81. The fourth-order valence-corrected chi connectivity index (χ4v) is 1.70. The van der Waals surface area contributed by atoms with Gasteiger partial charge in [-0.3, -0.25) is 4.98 Å². The van der Waals surface area contributed by atoms with Crippen molar-refractivity contribution in [2.24, 2.45) is 5.73 Å². The van der Waals surface area contributed by atoms with Gasteiger partial charge in [-0.05, 0) is 30.5 Å². The van der Waals surface area contributed by atoms with Crippen LogP contribution in [0.1, 0.15) is 35.6 Å². The monoisotopic (exact) mass is 242 g/mol. The lowest BCUT2D eigenvalue weighted by molar-refractivity contribution is 0.654. The number of aromatic nitrogens is 3. The molecule has 2 N–H and O–H groups in total. The van der Waals surface area contributed by atoms with Gasteiger partial charge in [-0.25, -0.2) is 9.97 Å². The molecule has 1 atom stereocenters. The first kappa shape index (κ1) is 12.6. The van der Waals surface area contributed by atoms with Gasteiger partial charge in [0, 0.05) is 30.7 Å². The lowest BCUT2D eigenvalue weighted by Crippen LogP contribution is -2.17. The molecule has 2 aromatic heterocycles. The van der Waals surface area contributed by atoms with Crippen LogP contribution in [0, 0.1) is 6.92 Å². The highest BCUT2D eigenvalue weighted by Crippen LogP contribution is 2.11. The highest BCUT2D eigenvalue weighted by Gasteiger charge is 2.10. The Balaban J connectivity index is 2.05. The Morgan fingerprint density at radius 3 is 2.39 bits per heavy atom. The molecule has 1 unspecified atom stereocenters. The minimum absolute atomic E-state index is 0.203. The Kier molecular flexibility index (Phi) is 3.99. The van der Waals surface area contributed by atoms with Gasteiger partial charge in [-0.2, -0.15) is 0 Å². The van der Waals surface area contributed by atoms with Crippen LogP contribution in [-0.2, 0) is 12.8 Å². The quantitative estimate of drug-likeness (QED) is 0.890. The van der Waals surface area contributed by atoms with Crippen molar-refractivity contribution in [3.63, 3.8) is 0 Å². The molecule has 0 aromatic carbocycles. The average Bonchev–Trinajstić information content (AvgIpc) is 2.40. The van der Waals surface area contributed by atoms with Gasteiger partial charge in [-0.15, -0.1) is 0 Å². The second-order valence-corrected chi connectivity index (χ2v) is 4.44. The minimum Gasteiger partial charge on any atom is -0.321 e. The molecule has 0 aliphatic carbocycles. The molecule has 94 valence electrons. The Morgan fingerprint density at radius 1 is 1.11 bits per heavy atom. The maximum atomic E-state index is 6.08. The van der Waals surface area contributed by atoms with Crippen LogP contribution in [0.4, 0.5) is 0 Å². The second-order valence-electron chi connectivity index (χ2n) is 4.44. The molecule has 4 nitrogen and oxygen atoms in total. The lowest BCUT2D eigenvalue weighted by Gasteiger charge is -2.10. The van der Waals surface area contributed by atoms with E-state index in [0.29, 0.717) is 12.2 Å². The van der Waals surface area contributed by atoms with E-state index in [9.17, 15) is 0 Å². The fourth-order valence-electron chi connectivity index (χ4n) is 1.70. The average molecular weight is 242 g/mol. The summed E-state index contributed by atoms with van der Waals surface area (Å²) in [5.41, 5.74) is 9.33. The van der Waals surface area contributed by atoms with E-state index < -0.39 is 0 Å². The summed E-state index contributed by atoms with van der Waals surface area (Å²) in [5, 5.41) is 0. The number of pyridine rings is 1. The van der Waals surface area contributed by atoms with Gasteiger partial charge in [0.1, 0.15) is 5.82 Å². The highest BCUT2D eigenvalue weighted by molar-refractivity contribution is 5.15. The third-order valence-corrected chi connectivity index (χ3v) is 2.86. The molecule has 0 saturated heterocycles. The Bertz CT molecular complexity index is 490. The van der Waals surface area contributed by atoms with E-state index in [1.165, 1.54) is 5.56 Å². The van der Waals surface area contributed by atoms with Crippen molar-refractivity contribution in [1.82, 2.24) is 15.0 Å². The molecular weight excluding hydrogens is 224 g/mol. The standard InChI is InChI=1S/C14H18N4/c1-3-11-4-5-12(16-9-11)6-13(15)14-17-7-10(2)8-18-14/h4-5,7-9,13H,3,6,15H2,1-2H3. The van der Waals surface area contributed by atoms with Crippen molar-refractivity contribution in [3.05, 3.63) is 53.4 Å². The molecule has 0 amide bonds. The molecule has 0 spiro atoms. The summed E-state index contributed by atoms with van der Waals surface area (Å²) < 4.78 is 0. The number of hydrogen-bond donors (Lipinski definition) is 1. The van der Waals surface area contributed by atoms with Gasteiger partial charge in [0.15, 0.2) is 0 Å². The summed E-state index contributed by atoms with van der Waals surface area (Å²) in [6, 6.07) is 3.91. The molecule has 0 fully saturated rings. The van der Waals surface area contributed by atoms with E-state index in [-0.39, 0.29) is 6.04 Å². The normalized spacial score (nSPS) is 12.4. The molecule has 4 heteroatoms. The topological polar surface area (TPSA) is 64.7 Å². The van der Waals surface area contributed by atoms with Crippen LogP contribution < -0.4 is 5.73 Å². The first-order chi connectivity index (χ1) is 8.69. The predicted molar refractivity (Wildman–Crippen MR) is 71.0 cm³/mol. The zero-order valence-electron chi connectivity index (χ0n) is 10.8. The number of rotatable bonds is 4. The third-order valence-electron chi connectivity index (χ3n) is 2.86. The van der Waals surface area contributed by atoms with Gasteiger partial charge in [-0.1, -0.05) is 13.0 Å². The van der Waals surface area contributed by atoms with E-state index in [4.69, 9.17) is 5.73 Å². The van der Waals surface area contributed by atoms with Crippen molar-refractivity contribution in [2.75, 3.05) is 0 Å². The van der Waals surface area contributed by atoms with Crippen molar-refractivity contribution < 1.29 is 0 Å². The summed E-state index contributed by atoms with van der Waals surface area (Å²) in [6.07, 6.45) is 7.14. The molecule has 2 aromatic rings. The summed E-state index contributed by atoms with van der Waals surface area (Å²) in [6.45, 7) is 4.07. The van der Waals surface area contributed by atoms with E-state index in [1.54, 1.807) is 12.4 Å². The van der Waals surface area contributed by atoms with Gasteiger partial charge < -0.3 is 5.73 Å². The van der Waals surface area contributed by atoms with E-state index in [1.807, 2.05) is 19.2 Å². The molecule has 0 bridgehead atoms. The molecule has 0 aliphatic rings. The number of aryl methyl sites for hydroxylation is 2. The first-order valence-corrected chi connectivity index (χ1v) is 6.17. The van der Waals surface area contributed by atoms with Crippen LogP contribution in [0.15, 0.2) is 30.7 Å². The van der Waals surface area contributed by atoms with Gasteiger partial charge in [0.2, 0.25) is 0 Å². The van der Waals surface area contributed by atoms with Crippen LogP contribution in [0.25, 0.3) is 0 Å². The molecule has 0 aliphatic heterocycles. The van der Waals surface area contributed by atoms with Crippen LogP contribution in [0.2, 0.25) is 0 Å². The zero-order chi connectivity index (χ0) is 13.0. The molecule has 0 radical (unpaired) electrons. The summed E-state index contributed by atoms with van der Waals surface area (Å²) in [4.78, 5) is 12.9. The second kappa shape index (κ2) is 5.69. The van der Waals surface area contributed by atoms with Gasteiger partial charge >= 0.3 is 0 Å². The van der Waals surface area contributed by atoms with Crippen LogP contribution in [0.5, 0.6) is 0 Å². The van der Waals surface area contributed by atoms with Crippen molar-refractivity contribution in [3.8, 4) is 0 Å². The highest BCUT2D eigenvalue weighted by atomic mass is 14.9. The molecule has 2 heterocycles. The maximum absolute atomic E-state index is 6.08. The summed E-state index contributed by atoms with van der Waals surface area (Å²) in [5.74, 6) is 0.668. The van der Waals surface area contributed by atoms with Crippen LogP contribution in [0.3, 0.4) is 0 Å². The van der Waals surface area contributed by atoms with Crippen LogP contribution >= 0.6 is 0 Å². The van der Waals surface area contributed by atoms with Gasteiger partial charge in [0.25, 0.3) is 0 Å². The largest absolute Gasteiger partial charge is 0.321 e. The van der Waals surface area contributed by atoms with Gasteiger partial charge in [0.05, 0.1) is 6.04 Å².